The topological polar surface area (TPSA) is 33.0 Å². The average molecular weight is 210 g/mol. The maximum absolute atomic E-state index is 8.07. The summed E-state index contributed by atoms with van der Waals surface area (Å²) in [5, 5.41) is 10.9. The molecule has 0 atom stereocenters. The molecule has 0 fully saturated rings. The minimum absolute atomic E-state index is 0.670. The first-order chi connectivity index (χ1) is 4.41. The zero-order chi connectivity index (χ0) is 6.95. The van der Waals surface area contributed by atoms with Crippen molar-refractivity contribution in [2.24, 2.45) is 0 Å². The monoisotopic (exact) mass is 209 g/mol. The molecule has 0 aromatic rings. The molecule has 0 aliphatic heterocycles. The van der Waals surface area contributed by atoms with E-state index in [0.29, 0.717) is 6.61 Å². The van der Waals surface area contributed by atoms with Gasteiger partial charge in [0.05, 0.1) is 13.2 Å². The molecular weight excluding hydrogens is 202 g/mol. The van der Waals surface area contributed by atoms with Crippen LogP contribution in [0.5, 0.6) is 0 Å². The largest absolute Gasteiger partial charge is 0.380 e. The van der Waals surface area contributed by atoms with Crippen LogP contribution in [-0.4, -0.2) is 24.3 Å². The molecule has 4 heteroatoms. The van der Waals surface area contributed by atoms with Gasteiger partial charge in [-0.05, 0) is 11.8 Å². The van der Waals surface area contributed by atoms with Gasteiger partial charge in [-0.15, -0.1) is 0 Å². The van der Waals surface area contributed by atoms with Crippen LogP contribution in [0.3, 0.4) is 0 Å². The molecule has 0 heterocycles. The number of thioether (sulfide) groups is 1. The standard InChI is InChI=1S/C5H8BrNOS/c6-1-2-8-3-4-9-5-7/h1-4H2. The van der Waals surface area contributed by atoms with Gasteiger partial charge in [0, 0.05) is 11.1 Å². The Balaban J connectivity index is 2.69. The van der Waals surface area contributed by atoms with Gasteiger partial charge in [0.1, 0.15) is 5.40 Å². The van der Waals surface area contributed by atoms with Crippen molar-refractivity contribution in [3.8, 4) is 5.40 Å². The van der Waals surface area contributed by atoms with Crippen LogP contribution >= 0.6 is 27.7 Å². The lowest BCUT2D eigenvalue weighted by Gasteiger charge is -1.95. The number of thiocyanates is 1. The van der Waals surface area contributed by atoms with E-state index >= 15 is 0 Å². The molecule has 0 aliphatic carbocycles. The highest BCUT2D eigenvalue weighted by atomic mass is 79.9. The van der Waals surface area contributed by atoms with E-state index in [1.807, 2.05) is 5.40 Å². The SMILES string of the molecule is N#CSCCOCCBr. The Morgan fingerprint density at radius 2 is 2.33 bits per heavy atom. The van der Waals surface area contributed by atoms with Crippen LogP contribution in [0.2, 0.25) is 0 Å². The predicted octanol–water partition coefficient (Wildman–Crippen LogP) is 1.61. The first kappa shape index (κ1) is 9.28. The van der Waals surface area contributed by atoms with Crippen molar-refractivity contribution in [3.63, 3.8) is 0 Å². The Morgan fingerprint density at radius 3 is 2.89 bits per heavy atom. The van der Waals surface area contributed by atoms with Crippen molar-refractivity contribution in [1.82, 2.24) is 0 Å². The van der Waals surface area contributed by atoms with Crippen molar-refractivity contribution >= 4 is 27.7 Å². The number of nitriles is 1. The molecule has 0 saturated heterocycles. The lowest BCUT2D eigenvalue weighted by molar-refractivity contribution is 0.168. The summed E-state index contributed by atoms with van der Waals surface area (Å²) in [6, 6.07) is 0. The molecule has 0 aromatic heterocycles. The molecule has 0 aliphatic rings. The fraction of sp³-hybridized carbons (Fsp3) is 0.800. The van der Waals surface area contributed by atoms with E-state index in [9.17, 15) is 0 Å². The van der Waals surface area contributed by atoms with Gasteiger partial charge in [0.25, 0.3) is 0 Å². The normalized spacial score (nSPS) is 8.89. The summed E-state index contributed by atoms with van der Waals surface area (Å²) < 4.78 is 5.07. The fourth-order valence-electron chi connectivity index (χ4n) is 0.303. The van der Waals surface area contributed by atoms with Crippen LogP contribution in [-0.2, 0) is 4.74 Å². The molecule has 0 spiro atoms. The van der Waals surface area contributed by atoms with Gasteiger partial charge in [-0.1, -0.05) is 15.9 Å². The highest BCUT2D eigenvalue weighted by molar-refractivity contribution is 9.09. The van der Waals surface area contributed by atoms with Crippen molar-refractivity contribution in [1.29, 1.82) is 5.26 Å². The van der Waals surface area contributed by atoms with Crippen molar-refractivity contribution in [2.45, 2.75) is 0 Å². The average Bonchev–Trinajstić information content (AvgIpc) is 1.89. The van der Waals surface area contributed by atoms with Gasteiger partial charge >= 0.3 is 0 Å². The molecule has 0 bridgehead atoms. The molecular formula is C5H8BrNOS. The lowest BCUT2D eigenvalue weighted by Crippen LogP contribution is -1.98. The Bertz CT molecular complexity index is 93.4. The highest BCUT2D eigenvalue weighted by Gasteiger charge is 1.85. The van der Waals surface area contributed by atoms with Crippen LogP contribution in [0.1, 0.15) is 0 Å². The minimum atomic E-state index is 0.670. The molecule has 2 nitrogen and oxygen atoms in total. The van der Waals surface area contributed by atoms with Gasteiger partial charge in [-0.2, -0.15) is 5.26 Å². The van der Waals surface area contributed by atoms with Gasteiger partial charge in [-0.3, -0.25) is 0 Å². The Kier molecular flexibility index (Phi) is 8.54. The van der Waals surface area contributed by atoms with Crippen molar-refractivity contribution in [3.05, 3.63) is 0 Å². The van der Waals surface area contributed by atoms with Gasteiger partial charge in [0.15, 0.2) is 0 Å². The Labute approximate surface area is 67.7 Å². The van der Waals surface area contributed by atoms with E-state index in [1.165, 1.54) is 11.8 Å². The summed E-state index contributed by atoms with van der Waals surface area (Å²) >= 11 is 4.45. The first-order valence-corrected chi connectivity index (χ1v) is 4.67. The van der Waals surface area contributed by atoms with E-state index in [-0.39, 0.29) is 0 Å². The molecule has 0 saturated carbocycles. The van der Waals surface area contributed by atoms with Gasteiger partial charge in [0.2, 0.25) is 0 Å². The summed E-state index contributed by atoms with van der Waals surface area (Å²) in [4.78, 5) is 0. The maximum atomic E-state index is 8.07. The molecule has 0 unspecified atom stereocenters. The van der Waals surface area contributed by atoms with E-state index in [1.54, 1.807) is 0 Å². The van der Waals surface area contributed by atoms with Gasteiger partial charge < -0.3 is 4.74 Å². The zero-order valence-electron chi connectivity index (χ0n) is 4.97. The summed E-state index contributed by atoms with van der Waals surface area (Å²) in [6.07, 6.45) is 0. The quantitative estimate of drug-likeness (QED) is 0.392. The third-order valence-electron chi connectivity index (χ3n) is 0.616. The number of ether oxygens (including phenoxy) is 1. The van der Waals surface area contributed by atoms with Crippen LogP contribution in [0.25, 0.3) is 0 Å². The van der Waals surface area contributed by atoms with Crippen LogP contribution in [0.4, 0.5) is 0 Å². The third-order valence-corrected chi connectivity index (χ3v) is 1.44. The zero-order valence-corrected chi connectivity index (χ0v) is 7.37. The van der Waals surface area contributed by atoms with E-state index in [0.717, 1.165) is 17.7 Å². The molecule has 0 rings (SSSR count). The van der Waals surface area contributed by atoms with Crippen LogP contribution < -0.4 is 0 Å². The van der Waals surface area contributed by atoms with Crippen LogP contribution in [0.15, 0.2) is 0 Å². The summed E-state index contributed by atoms with van der Waals surface area (Å²) in [6.45, 7) is 1.40. The number of nitrogens with zero attached hydrogens (tertiary/aromatic N) is 1. The molecule has 0 aromatic carbocycles. The van der Waals surface area contributed by atoms with E-state index < -0.39 is 0 Å². The second-order valence-electron chi connectivity index (χ2n) is 1.24. The number of hydrogen-bond acceptors (Lipinski definition) is 3. The predicted molar refractivity (Wildman–Crippen MR) is 42.7 cm³/mol. The van der Waals surface area contributed by atoms with E-state index in [4.69, 9.17) is 10.00 Å². The Morgan fingerprint density at radius 1 is 1.56 bits per heavy atom. The second kappa shape index (κ2) is 8.28. The molecule has 0 amide bonds. The second-order valence-corrected chi connectivity index (χ2v) is 2.91. The molecule has 9 heavy (non-hydrogen) atoms. The van der Waals surface area contributed by atoms with Crippen molar-refractivity contribution < 1.29 is 4.74 Å². The van der Waals surface area contributed by atoms with Gasteiger partial charge in [-0.25, -0.2) is 0 Å². The smallest absolute Gasteiger partial charge is 0.133 e. The fourth-order valence-corrected chi connectivity index (χ4v) is 0.824. The summed E-state index contributed by atoms with van der Waals surface area (Å²) in [5.74, 6) is 0.767. The van der Waals surface area contributed by atoms with Crippen molar-refractivity contribution in [2.75, 3.05) is 24.3 Å². The Hall–Kier alpha value is 0.280. The molecule has 0 radical (unpaired) electrons. The minimum Gasteiger partial charge on any atom is -0.380 e. The summed E-state index contributed by atoms with van der Waals surface area (Å²) in [5.41, 5.74) is 0. The summed E-state index contributed by atoms with van der Waals surface area (Å²) in [7, 11) is 0. The van der Waals surface area contributed by atoms with Crippen LogP contribution in [0, 0.1) is 10.7 Å². The number of halogens is 1. The van der Waals surface area contributed by atoms with E-state index in [2.05, 4.69) is 15.9 Å². The number of alkyl halides is 1. The first-order valence-electron chi connectivity index (χ1n) is 2.56. The maximum Gasteiger partial charge on any atom is 0.133 e. The third kappa shape index (κ3) is 8.28. The number of rotatable bonds is 5. The highest BCUT2D eigenvalue weighted by Crippen LogP contribution is 1.94. The lowest BCUT2D eigenvalue weighted by atomic mass is 10.8. The molecule has 52 valence electrons. The number of hydrogen-bond donors (Lipinski definition) is 0. The molecule has 0 N–H and O–H groups in total.